The molecular formula is C38H68NO8P. The molecule has 0 amide bonds. The SMILES string of the molecule is CC/C=C\C/C=C\C/C=C\CCCCCCCC(=O)O[C@H](COC(=O)CCCCCCC/C=C\CCCCC)COP(=O)(O)OCCN. The smallest absolute Gasteiger partial charge is 0.462 e. The average molecular weight is 698 g/mol. The van der Waals surface area contributed by atoms with E-state index in [4.69, 9.17) is 24.3 Å². The third-order valence-corrected chi connectivity index (χ3v) is 8.43. The largest absolute Gasteiger partial charge is 0.472 e. The lowest BCUT2D eigenvalue weighted by Gasteiger charge is -2.19. The highest BCUT2D eigenvalue weighted by atomic mass is 31.2. The van der Waals surface area contributed by atoms with E-state index in [1.54, 1.807) is 0 Å². The molecule has 0 spiro atoms. The van der Waals surface area contributed by atoms with E-state index in [1.807, 2.05) is 0 Å². The molecule has 0 fully saturated rings. The van der Waals surface area contributed by atoms with Crippen molar-refractivity contribution in [2.75, 3.05) is 26.4 Å². The van der Waals surface area contributed by atoms with Crippen molar-refractivity contribution in [3.63, 3.8) is 0 Å². The molecular weight excluding hydrogens is 629 g/mol. The van der Waals surface area contributed by atoms with Crippen LogP contribution in [0.5, 0.6) is 0 Å². The fourth-order valence-electron chi connectivity index (χ4n) is 4.70. The minimum Gasteiger partial charge on any atom is -0.462 e. The third-order valence-electron chi connectivity index (χ3n) is 7.45. The van der Waals surface area contributed by atoms with Crippen molar-refractivity contribution >= 4 is 19.8 Å². The van der Waals surface area contributed by atoms with Crippen LogP contribution in [0.25, 0.3) is 0 Å². The number of hydrogen-bond acceptors (Lipinski definition) is 8. The molecule has 48 heavy (non-hydrogen) atoms. The molecule has 2 atom stereocenters. The monoisotopic (exact) mass is 697 g/mol. The Morgan fingerprint density at radius 2 is 1.15 bits per heavy atom. The number of carbonyl (C=O) groups is 2. The van der Waals surface area contributed by atoms with Crippen LogP contribution in [0.3, 0.4) is 0 Å². The topological polar surface area (TPSA) is 134 Å². The van der Waals surface area contributed by atoms with Crippen molar-refractivity contribution in [3.05, 3.63) is 48.6 Å². The summed E-state index contributed by atoms with van der Waals surface area (Å²) < 4.78 is 32.6. The molecule has 0 aliphatic carbocycles. The molecule has 0 aromatic carbocycles. The summed E-state index contributed by atoms with van der Waals surface area (Å²) in [6.07, 6.45) is 37.1. The second-order valence-corrected chi connectivity index (χ2v) is 13.5. The van der Waals surface area contributed by atoms with E-state index < -0.39 is 32.5 Å². The Hall–Kier alpha value is -2.03. The number of nitrogens with two attached hydrogens (primary N) is 1. The van der Waals surface area contributed by atoms with Crippen molar-refractivity contribution < 1.29 is 37.6 Å². The van der Waals surface area contributed by atoms with Gasteiger partial charge in [-0.25, -0.2) is 4.57 Å². The second kappa shape index (κ2) is 34.8. The summed E-state index contributed by atoms with van der Waals surface area (Å²) in [5.74, 6) is -0.865. The van der Waals surface area contributed by atoms with Crippen LogP contribution < -0.4 is 5.73 Å². The van der Waals surface area contributed by atoms with Gasteiger partial charge >= 0.3 is 19.8 Å². The zero-order valence-electron chi connectivity index (χ0n) is 30.2. The van der Waals surface area contributed by atoms with Crippen molar-refractivity contribution in [1.82, 2.24) is 0 Å². The van der Waals surface area contributed by atoms with Gasteiger partial charge in [0.1, 0.15) is 6.61 Å². The van der Waals surface area contributed by atoms with E-state index in [-0.39, 0.29) is 32.6 Å². The van der Waals surface area contributed by atoms with Crippen LogP contribution in [0.1, 0.15) is 149 Å². The molecule has 278 valence electrons. The summed E-state index contributed by atoms with van der Waals surface area (Å²) in [7, 11) is -4.38. The lowest BCUT2D eigenvalue weighted by molar-refractivity contribution is -0.161. The van der Waals surface area contributed by atoms with Gasteiger partial charge in [0.15, 0.2) is 6.10 Å². The lowest BCUT2D eigenvalue weighted by atomic mass is 10.1. The predicted molar refractivity (Wildman–Crippen MR) is 196 cm³/mol. The van der Waals surface area contributed by atoms with E-state index in [1.165, 1.54) is 25.7 Å². The first-order valence-electron chi connectivity index (χ1n) is 18.6. The van der Waals surface area contributed by atoms with Crippen LogP contribution in [-0.2, 0) is 32.7 Å². The van der Waals surface area contributed by atoms with Crippen molar-refractivity contribution in [2.24, 2.45) is 5.73 Å². The Morgan fingerprint density at radius 3 is 1.73 bits per heavy atom. The molecule has 0 rings (SSSR count). The number of allylic oxidation sites excluding steroid dienone is 8. The molecule has 0 aromatic heterocycles. The molecule has 1 unspecified atom stereocenters. The second-order valence-electron chi connectivity index (χ2n) is 12.1. The molecule has 0 radical (unpaired) electrons. The normalized spacial score (nSPS) is 14.0. The highest BCUT2D eigenvalue weighted by Crippen LogP contribution is 2.43. The maximum absolute atomic E-state index is 12.5. The minimum absolute atomic E-state index is 0.0475. The molecule has 0 aromatic rings. The standard InChI is InChI=1S/C38H68NO8P/c1-3-5-7-9-11-13-15-17-18-19-21-23-25-27-29-31-38(41)47-36(35-46-48(42,43)45-33-32-39)34-44-37(40)30-28-26-24-22-20-16-14-12-10-8-6-4-2/h5,7,11-14,17-18,36H,3-4,6,8-10,15-16,19-35,39H2,1-2H3,(H,42,43)/b7-5-,13-11-,14-12-,18-17-/t36-/m1/s1. The van der Waals surface area contributed by atoms with Gasteiger partial charge < -0.3 is 20.1 Å². The summed E-state index contributed by atoms with van der Waals surface area (Å²) >= 11 is 0. The Labute approximate surface area is 292 Å². The molecule has 0 saturated heterocycles. The zero-order valence-corrected chi connectivity index (χ0v) is 31.1. The minimum atomic E-state index is -4.38. The zero-order chi connectivity index (χ0) is 35.4. The van der Waals surface area contributed by atoms with Crippen molar-refractivity contribution in [3.8, 4) is 0 Å². The van der Waals surface area contributed by atoms with Gasteiger partial charge in [-0.2, -0.15) is 0 Å². The molecule has 0 bridgehead atoms. The van der Waals surface area contributed by atoms with Crippen molar-refractivity contribution in [1.29, 1.82) is 0 Å². The quantitative estimate of drug-likeness (QED) is 0.0291. The first-order chi connectivity index (χ1) is 23.3. The van der Waals surface area contributed by atoms with Crippen molar-refractivity contribution in [2.45, 2.75) is 155 Å². The molecule has 3 N–H and O–H groups in total. The predicted octanol–water partition coefficient (Wildman–Crippen LogP) is 9.99. The summed E-state index contributed by atoms with van der Waals surface area (Å²) in [5.41, 5.74) is 5.32. The van der Waals surface area contributed by atoms with Crippen LogP contribution >= 0.6 is 7.82 Å². The Bertz CT molecular complexity index is 934. The summed E-state index contributed by atoms with van der Waals surface area (Å²) in [4.78, 5) is 34.7. The molecule has 10 heteroatoms. The number of hydrogen-bond donors (Lipinski definition) is 2. The Kier molecular flexibility index (Phi) is 33.3. The van der Waals surface area contributed by atoms with E-state index >= 15 is 0 Å². The van der Waals surface area contributed by atoms with E-state index in [0.29, 0.717) is 6.42 Å². The molecule has 0 aliphatic heterocycles. The van der Waals surface area contributed by atoms with Crippen LogP contribution in [0.2, 0.25) is 0 Å². The number of esters is 2. The summed E-state index contributed by atoms with van der Waals surface area (Å²) in [5, 5.41) is 0. The van der Waals surface area contributed by atoms with Gasteiger partial charge in [-0.05, 0) is 70.6 Å². The number of unbranched alkanes of at least 4 members (excludes halogenated alkanes) is 13. The van der Waals surface area contributed by atoms with Crippen LogP contribution in [0.4, 0.5) is 0 Å². The van der Waals surface area contributed by atoms with E-state index in [0.717, 1.165) is 89.9 Å². The number of phosphoric acid groups is 1. The van der Waals surface area contributed by atoms with E-state index in [9.17, 15) is 19.0 Å². The van der Waals surface area contributed by atoms with E-state index in [2.05, 4.69) is 62.5 Å². The van der Waals surface area contributed by atoms with Gasteiger partial charge in [-0.3, -0.25) is 18.6 Å². The summed E-state index contributed by atoms with van der Waals surface area (Å²) in [6, 6.07) is 0. The number of ether oxygens (including phenoxy) is 2. The average Bonchev–Trinajstić information content (AvgIpc) is 3.07. The number of carbonyl (C=O) groups excluding carboxylic acids is 2. The van der Waals surface area contributed by atoms with Crippen LogP contribution in [-0.4, -0.2) is 49.3 Å². The fourth-order valence-corrected chi connectivity index (χ4v) is 5.47. The molecule has 0 aliphatic rings. The highest BCUT2D eigenvalue weighted by molar-refractivity contribution is 7.47. The fraction of sp³-hybridized carbons (Fsp3) is 0.737. The maximum atomic E-state index is 12.5. The van der Waals surface area contributed by atoms with Gasteiger partial charge in [0, 0.05) is 19.4 Å². The van der Waals surface area contributed by atoms with Crippen LogP contribution in [0.15, 0.2) is 48.6 Å². The van der Waals surface area contributed by atoms with Gasteiger partial charge in [-0.15, -0.1) is 0 Å². The molecule has 0 heterocycles. The maximum Gasteiger partial charge on any atom is 0.472 e. The number of phosphoric ester groups is 1. The number of rotatable bonds is 34. The highest BCUT2D eigenvalue weighted by Gasteiger charge is 2.25. The Morgan fingerprint density at radius 1 is 0.646 bits per heavy atom. The van der Waals surface area contributed by atoms with Gasteiger partial charge in [0.2, 0.25) is 0 Å². The van der Waals surface area contributed by atoms with Gasteiger partial charge in [0.25, 0.3) is 0 Å². The summed E-state index contributed by atoms with van der Waals surface area (Å²) in [6.45, 7) is 3.54. The van der Waals surface area contributed by atoms with Crippen LogP contribution in [0, 0.1) is 0 Å². The first kappa shape index (κ1) is 46.0. The first-order valence-corrected chi connectivity index (χ1v) is 20.1. The lowest BCUT2D eigenvalue weighted by Crippen LogP contribution is -2.29. The molecule has 9 nitrogen and oxygen atoms in total. The van der Waals surface area contributed by atoms with Gasteiger partial charge in [-0.1, -0.05) is 114 Å². The van der Waals surface area contributed by atoms with Gasteiger partial charge in [0.05, 0.1) is 13.2 Å². The molecule has 0 saturated carbocycles. The third kappa shape index (κ3) is 33.9. The Balaban J connectivity index is 4.29.